The second-order valence-electron chi connectivity index (χ2n) is 8.79. The van der Waals surface area contributed by atoms with Gasteiger partial charge in [-0.05, 0) is 66.5 Å². The number of rotatable bonds is 6. The largest absolute Gasteiger partial charge is 0.497 e. The monoisotopic (exact) mass is 446 g/mol. The second-order valence-corrected chi connectivity index (χ2v) is 9.17. The third-order valence-electron chi connectivity index (χ3n) is 6.78. The summed E-state index contributed by atoms with van der Waals surface area (Å²) in [6, 6.07) is 17.3. The molecule has 1 aliphatic heterocycles. The molecule has 1 aliphatic carbocycles. The minimum Gasteiger partial charge on any atom is -0.497 e. The van der Waals surface area contributed by atoms with E-state index in [-0.39, 0.29) is 12.1 Å². The first-order chi connectivity index (χ1) is 15.7. The Kier molecular flexibility index (Phi) is 6.12. The molecular formula is C26H30N4OS. The quantitative estimate of drug-likeness (QED) is 0.502. The maximum atomic E-state index is 5.83. The highest BCUT2D eigenvalue weighted by molar-refractivity contribution is 7.80. The maximum absolute atomic E-state index is 5.83. The zero-order valence-electron chi connectivity index (χ0n) is 18.5. The zero-order valence-corrected chi connectivity index (χ0v) is 19.3. The molecule has 2 aromatic heterocycles. The van der Waals surface area contributed by atoms with Crippen LogP contribution in [0.1, 0.15) is 67.1 Å². The summed E-state index contributed by atoms with van der Waals surface area (Å²) in [5.74, 6) is 0.864. The van der Waals surface area contributed by atoms with E-state index in [9.17, 15) is 0 Å². The molecule has 5 rings (SSSR count). The predicted octanol–water partition coefficient (Wildman–Crippen LogP) is 5.57. The normalized spacial score (nSPS) is 21.5. The first kappa shape index (κ1) is 21.0. The van der Waals surface area contributed by atoms with Gasteiger partial charge >= 0.3 is 0 Å². The van der Waals surface area contributed by atoms with Gasteiger partial charge in [-0.3, -0.25) is 4.98 Å². The summed E-state index contributed by atoms with van der Waals surface area (Å²) in [7, 11) is 1.69. The Morgan fingerprint density at radius 1 is 1.06 bits per heavy atom. The molecule has 2 aliphatic rings. The van der Waals surface area contributed by atoms with E-state index in [2.05, 4.69) is 56.4 Å². The van der Waals surface area contributed by atoms with Crippen LogP contribution in [0.15, 0.2) is 67.1 Å². The molecule has 6 heteroatoms. The summed E-state index contributed by atoms with van der Waals surface area (Å²) < 4.78 is 7.75. The second kappa shape index (κ2) is 9.33. The topological polar surface area (TPSA) is 42.3 Å². The van der Waals surface area contributed by atoms with Crippen molar-refractivity contribution in [2.24, 2.45) is 0 Å². The predicted molar refractivity (Wildman–Crippen MR) is 131 cm³/mol. The van der Waals surface area contributed by atoms with Crippen LogP contribution in [0.25, 0.3) is 0 Å². The van der Waals surface area contributed by atoms with Crippen LogP contribution in [-0.2, 0) is 6.54 Å². The van der Waals surface area contributed by atoms with E-state index in [0.29, 0.717) is 6.04 Å². The molecule has 2 fully saturated rings. The molecule has 0 bridgehead atoms. The van der Waals surface area contributed by atoms with Crippen LogP contribution in [0.4, 0.5) is 0 Å². The van der Waals surface area contributed by atoms with E-state index in [1.165, 1.54) is 43.2 Å². The van der Waals surface area contributed by atoms with Crippen LogP contribution in [-0.4, -0.2) is 26.7 Å². The lowest BCUT2D eigenvalue weighted by Gasteiger charge is -2.28. The molecule has 3 heterocycles. The van der Waals surface area contributed by atoms with Crippen LogP contribution in [0.2, 0.25) is 0 Å². The van der Waals surface area contributed by atoms with Crippen LogP contribution in [0.3, 0.4) is 0 Å². The van der Waals surface area contributed by atoms with E-state index < -0.39 is 0 Å². The SMILES string of the molecule is COc1ccc(CN2C(=S)N[C@H](c3ccccn3)[C@H]2c2ccn(C3CCCCC3)c2)cc1. The van der Waals surface area contributed by atoms with Crippen molar-refractivity contribution in [2.75, 3.05) is 7.11 Å². The van der Waals surface area contributed by atoms with E-state index in [1.807, 2.05) is 30.5 Å². The Morgan fingerprint density at radius 3 is 2.59 bits per heavy atom. The van der Waals surface area contributed by atoms with Gasteiger partial charge in [0.25, 0.3) is 0 Å². The molecule has 5 nitrogen and oxygen atoms in total. The number of pyridine rings is 1. The van der Waals surface area contributed by atoms with Crippen molar-refractivity contribution in [1.29, 1.82) is 0 Å². The Hall–Kier alpha value is -2.86. The van der Waals surface area contributed by atoms with E-state index in [0.717, 1.165) is 23.1 Å². The summed E-state index contributed by atoms with van der Waals surface area (Å²) in [5, 5.41) is 4.33. The lowest BCUT2D eigenvalue weighted by molar-refractivity contribution is 0.309. The molecule has 3 aromatic rings. The minimum atomic E-state index is 0.0177. The van der Waals surface area contributed by atoms with E-state index in [1.54, 1.807) is 7.11 Å². The molecule has 32 heavy (non-hydrogen) atoms. The van der Waals surface area contributed by atoms with E-state index >= 15 is 0 Å². The highest BCUT2D eigenvalue weighted by Gasteiger charge is 2.40. The van der Waals surface area contributed by atoms with E-state index in [4.69, 9.17) is 17.0 Å². The van der Waals surface area contributed by atoms with Gasteiger partial charge in [-0.15, -0.1) is 0 Å². The molecular weight excluding hydrogens is 416 g/mol. The summed E-state index contributed by atoms with van der Waals surface area (Å²) in [6.07, 6.45) is 13.0. The van der Waals surface area contributed by atoms with Crippen molar-refractivity contribution < 1.29 is 4.74 Å². The fourth-order valence-electron chi connectivity index (χ4n) is 5.08. The summed E-state index contributed by atoms with van der Waals surface area (Å²) in [4.78, 5) is 6.96. The Balaban J connectivity index is 1.47. The molecule has 2 atom stereocenters. The average molecular weight is 447 g/mol. The number of ether oxygens (including phenoxy) is 1. The molecule has 1 saturated heterocycles. The molecule has 0 radical (unpaired) electrons. The Morgan fingerprint density at radius 2 is 1.88 bits per heavy atom. The maximum Gasteiger partial charge on any atom is 0.170 e. The number of nitrogens with zero attached hydrogens (tertiary/aromatic N) is 3. The molecule has 0 unspecified atom stereocenters. The number of thiocarbonyl (C=S) groups is 1. The van der Waals surface area contributed by atoms with Gasteiger partial charge in [-0.2, -0.15) is 0 Å². The first-order valence-corrected chi connectivity index (χ1v) is 11.9. The molecule has 1 N–H and O–H groups in total. The number of methoxy groups -OCH3 is 1. The standard InChI is InChI=1S/C26H30N4OS/c1-31-22-12-10-19(11-13-22)17-30-25(24(28-26(30)32)23-9-5-6-15-27-23)20-14-16-29(18-20)21-7-3-2-4-8-21/h5-6,9-16,18,21,24-25H,2-4,7-8,17H2,1H3,(H,28,32)/t24-,25-/m1/s1. The highest BCUT2D eigenvalue weighted by atomic mass is 32.1. The lowest BCUT2D eigenvalue weighted by Crippen LogP contribution is -2.29. The number of hydrogen-bond acceptors (Lipinski definition) is 3. The van der Waals surface area contributed by atoms with Gasteiger partial charge in [0.05, 0.1) is 24.9 Å². The van der Waals surface area contributed by atoms with Gasteiger partial charge in [-0.25, -0.2) is 0 Å². The third kappa shape index (κ3) is 4.24. The number of hydrogen-bond donors (Lipinski definition) is 1. The number of benzene rings is 1. The van der Waals surface area contributed by atoms with Crippen LogP contribution in [0, 0.1) is 0 Å². The van der Waals surface area contributed by atoms with Crippen LogP contribution in [0.5, 0.6) is 5.75 Å². The fraction of sp³-hybridized carbons (Fsp3) is 0.385. The van der Waals surface area contributed by atoms with Crippen molar-refractivity contribution >= 4 is 17.3 Å². The minimum absolute atomic E-state index is 0.0177. The van der Waals surface area contributed by atoms with Gasteiger partial charge in [0.2, 0.25) is 0 Å². The van der Waals surface area contributed by atoms with Gasteiger partial charge in [-0.1, -0.05) is 37.5 Å². The molecule has 166 valence electrons. The zero-order chi connectivity index (χ0) is 21.9. The average Bonchev–Trinajstić information content (AvgIpc) is 3.46. The Bertz CT molecular complexity index is 1040. The van der Waals surface area contributed by atoms with Gasteiger partial charge < -0.3 is 19.5 Å². The van der Waals surface area contributed by atoms with Crippen LogP contribution < -0.4 is 10.1 Å². The molecule has 1 saturated carbocycles. The van der Waals surface area contributed by atoms with Crippen molar-refractivity contribution in [1.82, 2.24) is 19.8 Å². The summed E-state index contributed by atoms with van der Waals surface area (Å²) >= 11 is 5.83. The first-order valence-electron chi connectivity index (χ1n) is 11.5. The number of nitrogens with one attached hydrogen (secondary N) is 1. The lowest BCUT2D eigenvalue weighted by atomic mass is 9.95. The molecule has 0 amide bonds. The summed E-state index contributed by atoms with van der Waals surface area (Å²) in [6.45, 7) is 0.735. The molecule has 1 aromatic carbocycles. The van der Waals surface area contributed by atoms with Crippen molar-refractivity contribution in [3.05, 3.63) is 83.9 Å². The van der Waals surface area contributed by atoms with Crippen molar-refractivity contribution in [2.45, 2.75) is 56.8 Å². The van der Waals surface area contributed by atoms with Gasteiger partial charge in [0.1, 0.15) is 5.75 Å². The fourth-order valence-corrected chi connectivity index (χ4v) is 5.38. The van der Waals surface area contributed by atoms with Crippen LogP contribution >= 0.6 is 12.2 Å². The highest BCUT2D eigenvalue weighted by Crippen LogP contribution is 2.40. The van der Waals surface area contributed by atoms with Gasteiger partial charge in [0, 0.05) is 31.2 Å². The van der Waals surface area contributed by atoms with Gasteiger partial charge in [0.15, 0.2) is 5.11 Å². The van der Waals surface area contributed by atoms with Crippen molar-refractivity contribution in [3.8, 4) is 5.75 Å². The molecule has 0 spiro atoms. The third-order valence-corrected chi connectivity index (χ3v) is 7.14. The number of aromatic nitrogens is 2. The Labute approximate surface area is 195 Å². The summed E-state index contributed by atoms with van der Waals surface area (Å²) in [5.41, 5.74) is 3.50. The smallest absolute Gasteiger partial charge is 0.170 e. The van der Waals surface area contributed by atoms with Crippen molar-refractivity contribution in [3.63, 3.8) is 0 Å².